The van der Waals surface area contributed by atoms with Crippen molar-refractivity contribution in [2.45, 2.75) is 79.3 Å². The van der Waals surface area contributed by atoms with E-state index in [2.05, 4.69) is 46.9 Å². The zero-order chi connectivity index (χ0) is 15.3. The fraction of sp³-hybridized carbons (Fsp3) is 0.941. The zero-order valence-electron chi connectivity index (χ0n) is 14.0. The molecule has 3 heteroatoms. The minimum absolute atomic E-state index is 0.0224. The van der Waals surface area contributed by atoms with Gasteiger partial charge in [0.25, 0.3) is 0 Å². The van der Waals surface area contributed by atoms with Crippen molar-refractivity contribution in [3.63, 3.8) is 0 Å². The van der Waals surface area contributed by atoms with Crippen molar-refractivity contribution in [3.05, 3.63) is 0 Å². The van der Waals surface area contributed by atoms with Crippen molar-refractivity contribution in [1.82, 2.24) is 5.32 Å². The molecule has 0 radical (unpaired) electrons. The second-order valence-corrected chi connectivity index (χ2v) is 9.09. The smallest absolute Gasteiger partial charge is 0.221 e. The Labute approximate surface area is 124 Å². The third-order valence-electron chi connectivity index (χ3n) is 6.09. The highest BCUT2D eigenvalue weighted by atomic mass is 16.1. The van der Waals surface area contributed by atoms with E-state index in [0.717, 1.165) is 5.92 Å². The normalized spacial score (nSPS) is 37.0. The fourth-order valence-electron chi connectivity index (χ4n) is 4.39. The molecule has 0 aromatic heterocycles. The van der Waals surface area contributed by atoms with E-state index in [-0.39, 0.29) is 28.2 Å². The Morgan fingerprint density at radius 3 is 2.40 bits per heavy atom. The molecule has 0 saturated heterocycles. The van der Waals surface area contributed by atoms with Crippen LogP contribution in [0.1, 0.15) is 67.2 Å². The summed E-state index contributed by atoms with van der Waals surface area (Å²) in [6.45, 7) is 13.2. The van der Waals surface area contributed by atoms with Gasteiger partial charge in [-0.1, -0.05) is 41.5 Å². The molecule has 2 rings (SSSR count). The predicted molar refractivity (Wildman–Crippen MR) is 83.2 cm³/mol. The van der Waals surface area contributed by atoms with Gasteiger partial charge in [-0.05, 0) is 41.4 Å². The molecule has 20 heavy (non-hydrogen) atoms. The van der Waals surface area contributed by atoms with Gasteiger partial charge >= 0.3 is 0 Å². The van der Waals surface area contributed by atoms with Crippen LogP contribution >= 0.6 is 0 Å². The third kappa shape index (κ3) is 2.61. The molecule has 2 fully saturated rings. The molecular weight excluding hydrogens is 248 g/mol. The molecule has 2 aliphatic carbocycles. The van der Waals surface area contributed by atoms with E-state index in [1.165, 1.54) is 19.3 Å². The summed E-state index contributed by atoms with van der Waals surface area (Å²) in [6.07, 6.45) is 4.25. The summed E-state index contributed by atoms with van der Waals surface area (Å²) in [5, 5.41) is 3.33. The van der Waals surface area contributed by atoms with Gasteiger partial charge in [0.15, 0.2) is 0 Å². The third-order valence-corrected chi connectivity index (χ3v) is 6.09. The number of hydrogen-bond acceptors (Lipinski definition) is 2. The van der Waals surface area contributed by atoms with E-state index in [0.29, 0.717) is 12.5 Å². The molecule has 0 heterocycles. The molecule has 4 atom stereocenters. The predicted octanol–water partition coefficient (Wildman–Crippen LogP) is 3.08. The van der Waals surface area contributed by atoms with Crippen LogP contribution in [-0.2, 0) is 4.79 Å². The van der Waals surface area contributed by atoms with E-state index >= 15 is 0 Å². The topological polar surface area (TPSA) is 55.1 Å². The molecule has 0 aromatic rings. The van der Waals surface area contributed by atoms with Crippen molar-refractivity contribution < 1.29 is 4.79 Å². The highest BCUT2D eigenvalue weighted by Crippen LogP contribution is 2.62. The highest BCUT2D eigenvalue weighted by Gasteiger charge is 2.59. The van der Waals surface area contributed by atoms with Gasteiger partial charge < -0.3 is 11.1 Å². The Kier molecular flexibility index (Phi) is 3.73. The minimum atomic E-state index is -0.0861. The molecule has 3 N–H and O–H groups in total. The Bertz CT molecular complexity index is 392. The monoisotopic (exact) mass is 280 g/mol. The summed E-state index contributed by atoms with van der Waals surface area (Å²) < 4.78 is 0. The molecular formula is C17H32N2O. The van der Waals surface area contributed by atoms with E-state index in [9.17, 15) is 4.79 Å². The van der Waals surface area contributed by atoms with Gasteiger partial charge in [0.1, 0.15) is 0 Å². The summed E-state index contributed by atoms with van der Waals surface area (Å²) >= 11 is 0. The van der Waals surface area contributed by atoms with Crippen molar-refractivity contribution in [2.24, 2.45) is 27.9 Å². The lowest BCUT2D eigenvalue weighted by molar-refractivity contribution is -0.124. The van der Waals surface area contributed by atoms with Crippen LogP contribution in [-0.4, -0.2) is 18.0 Å². The van der Waals surface area contributed by atoms with Crippen LogP contribution in [0.15, 0.2) is 0 Å². The molecule has 116 valence electrons. The quantitative estimate of drug-likeness (QED) is 0.834. The summed E-state index contributed by atoms with van der Waals surface area (Å²) in [5.41, 5.74) is 6.62. The van der Waals surface area contributed by atoms with E-state index in [4.69, 9.17) is 5.73 Å². The average molecular weight is 280 g/mol. The van der Waals surface area contributed by atoms with Gasteiger partial charge in [-0.15, -0.1) is 0 Å². The lowest BCUT2D eigenvalue weighted by Crippen LogP contribution is -2.53. The molecule has 2 aliphatic rings. The number of carbonyl (C=O) groups is 1. The first kappa shape index (κ1) is 15.8. The summed E-state index contributed by atoms with van der Waals surface area (Å²) in [6, 6.07) is 0.213. The molecule has 1 amide bonds. The number of rotatable bonds is 3. The van der Waals surface area contributed by atoms with Crippen molar-refractivity contribution in [1.29, 1.82) is 0 Å². The van der Waals surface area contributed by atoms with Crippen LogP contribution < -0.4 is 11.1 Å². The maximum atomic E-state index is 12.4. The Hall–Kier alpha value is -0.570. The average Bonchev–Trinajstić information content (AvgIpc) is 2.74. The lowest BCUT2D eigenvalue weighted by atomic mass is 9.68. The lowest BCUT2D eigenvalue weighted by Gasteiger charge is -2.43. The maximum Gasteiger partial charge on any atom is 0.221 e. The van der Waals surface area contributed by atoms with E-state index < -0.39 is 0 Å². The van der Waals surface area contributed by atoms with Gasteiger partial charge in [-0.2, -0.15) is 0 Å². The Balaban J connectivity index is 2.01. The molecule has 0 aliphatic heterocycles. The minimum Gasteiger partial charge on any atom is -0.352 e. The van der Waals surface area contributed by atoms with Crippen molar-refractivity contribution in [3.8, 4) is 0 Å². The van der Waals surface area contributed by atoms with Gasteiger partial charge in [-0.3, -0.25) is 4.79 Å². The van der Waals surface area contributed by atoms with Gasteiger partial charge in [0.05, 0.1) is 0 Å². The number of amides is 1. The first-order valence-electron chi connectivity index (χ1n) is 8.02. The van der Waals surface area contributed by atoms with Gasteiger partial charge in [0.2, 0.25) is 5.91 Å². The molecule has 2 saturated carbocycles. The second-order valence-electron chi connectivity index (χ2n) is 9.09. The first-order chi connectivity index (χ1) is 8.97. The van der Waals surface area contributed by atoms with E-state index in [1.807, 2.05) is 0 Å². The maximum absolute atomic E-state index is 12.4. The van der Waals surface area contributed by atoms with Gasteiger partial charge in [-0.25, -0.2) is 0 Å². The van der Waals surface area contributed by atoms with Crippen LogP contribution in [0.4, 0.5) is 0 Å². The molecule has 0 spiro atoms. The Morgan fingerprint density at radius 1 is 1.35 bits per heavy atom. The first-order valence-corrected chi connectivity index (χ1v) is 8.02. The van der Waals surface area contributed by atoms with Crippen LogP contribution in [0.3, 0.4) is 0 Å². The number of hydrogen-bond donors (Lipinski definition) is 2. The van der Waals surface area contributed by atoms with Crippen molar-refractivity contribution >= 4 is 5.91 Å². The number of nitrogens with two attached hydrogens (primary N) is 1. The summed E-state index contributed by atoms with van der Waals surface area (Å²) in [4.78, 5) is 12.4. The zero-order valence-corrected chi connectivity index (χ0v) is 14.0. The number of fused-ring (bicyclic) bond motifs is 2. The number of carbonyl (C=O) groups excluding carboxylic acids is 1. The van der Waals surface area contributed by atoms with Gasteiger partial charge in [0, 0.05) is 18.5 Å². The van der Waals surface area contributed by atoms with Crippen LogP contribution in [0.2, 0.25) is 0 Å². The second kappa shape index (κ2) is 4.72. The summed E-state index contributed by atoms with van der Waals surface area (Å²) in [5.74, 6) is 0.883. The molecule has 2 bridgehead atoms. The Morgan fingerprint density at radius 2 is 1.95 bits per heavy atom. The number of nitrogens with one attached hydrogen (secondary N) is 1. The van der Waals surface area contributed by atoms with Crippen LogP contribution in [0, 0.1) is 22.2 Å². The van der Waals surface area contributed by atoms with Crippen LogP contribution in [0.25, 0.3) is 0 Å². The fourth-order valence-corrected chi connectivity index (χ4v) is 4.39. The SMILES string of the molecule is CC(C)(C)C(N)CC(=O)NC1C2(C)CCC(C2)C1(C)C. The summed E-state index contributed by atoms with van der Waals surface area (Å²) in [7, 11) is 0. The molecule has 4 unspecified atom stereocenters. The largest absolute Gasteiger partial charge is 0.352 e. The van der Waals surface area contributed by atoms with E-state index in [1.54, 1.807) is 0 Å². The molecule has 3 nitrogen and oxygen atoms in total. The highest BCUT2D eigenvalue weighted by molar-refractivity contribution is 5.77. The van der Waals surface area contributed by atoms with Crippen molar-refractivity contribution in [2.75, 3.05) is 0 Å². The standard InChI is InChI=1S/C17H32N2O/c1-15(2,3)12(18)9-13(20)19-14-16(4,5)11-7-8-17(14,6)10-11/h11-12,14H,7-10,18H2,1-6H3,(H,19,20). The molecule has 0 aromatic carbocycles. The van der Waals surface area contributed by atoms with Crippen LogP contribution in [0.5, 0.6) is 0 Å².